The van der Waals surface area contributed by atoms with Gasteiger partial charge in [0.25, 0.3) is 0 Å². The topological polar surface area (TPSA) is 47.8 Å². The quantitative estimate of drug-likeness (QED) is 0.845. The second-order valence-corrected chi connectivity index (χ2v) is 6.72. The van der Waals surface area contributed by atoms with E-state index in [1.165, 1.54) is 18.5 Å². The number of benzene rings is 1. The number of alkyl halides is 3. The highest BCUT2D eigenvalue weighted by Gasteiger charge is 2.30. The molecule has 0 fully saturated rings. The van der Waals surface area contributed by atoms with Crippen molar-refractivity contribution in [2.45, 2.75) is 37.2 Å². The minimum atomic E-state index is -4.45. The van der Waals surface area contributed by atoms with E-state index in [1.807, 2.05) is 13.8 Å². The first-order valence-corrected chi connectivity index (χ1v) is 8.01. The number of hydrogen-bond donors (Lipinski definition) is 0. The van der Waals surface area contributed by atoms with Gasteiger partial charge in [-0.05, 0) is 24.1 Å². The van der Waals surface area contributed by atoms with Crippen LogP contribution in [0.5, 0.6) is 0 Å². The summed E-state index contributed by atoms with van der Waals surface area (Å²) in [7, 11) is -1.61. The summed E-state index contributed by atoms with van der Waals surface area (Å²) in [5.74, 6) is 0.875. The van der Waals surface area contributed by atoms with E-state index >= 15 is 0 Å². The van der Waals surface area contributed by atoms with Crippen LogP contribution in [0.15, 0.2) is 35.5 Å². The molecule has 4 nitrogen and oxygen atoms in total. The van der Waals surface area contributed by atoms with Gasteiger partial charge >= 0.3 is 6.18 Å². The molecule has 0 aliphatic carbocycles. The van der Waals surface area contributed by atoms with Crippen LogP contribution in [0.1, 0.15) is 25.2 Å². The van der Waals surface area contributed by atoms with Crippen molar-refractivity contribution in [1.82, 2.24) is 14.8 Å². The van der Waals surface area contributed by atoms with Crippen molar-refractivity contribution >= 4 is 10.8 Å². The van der Waals surface area contributed by atoms with Gasteiger partial charge in [-0.2, -0.15) is 18.3 Å². The van der Waals surface area contributed by atoms with E-state index in [0.717, 1.165) is 12.1 Å². The van der Waals surface area contributed by atoms with Crippen molar-refractivity contribution in [2.24, 2.45) is 5.92 Å². The summed E-state index contributed by atoms with van der Waals surface area (Å²) in [6, 6.07) is 4.56. The summed E-state index contributed by atoms with van der Waals surface area (Å²) in [4.78, 5) is 4.18. The Morgan fingerprint density at radius 1 is 1.32 bits per heavy atom. The zero-order chi connectivity index (χ0) is 16.3. The summed E-state index contributed by atoms with van der Waals surface area (Å²) in [6.07, 6.45) is -3.08. The van der Waals surface area contributed by atoms with Gasteiger partial charge in [0.15, 0.2) is 0 Å². The average Bonchev–Trinajstić information content (AvgIpc) is 2.84. The SMILES string of the molecule is CC(C)Cn1ncnc1CS(=O)c1cccc(C(F)(F)F)c1. The van der Waals surface area contributed by atoms with Crippen LogP contribution >= 0.6 is 0 Å². The Morgan fingerprint density at radius 3 is 2.68 bits per heavy atom. The second kappa shape index (κ2) is 6.60. The van der Waals surface area contributed by atoms with E-state index in [2.05, 4.69) is 10.1 Å². The largest absolute Gasteiger partial charge is 0.416 e. The molecule has 1 heterocycles. The van der Waals surface area contributed by atoms with Crippen LogP contribution < -0.4 is 0 Å². The van der Waals surface area contributed by atoms with Crippen molar-refractivity contribution in [3.8, 4) is 0 Å². The lowest BCUT2D eigenvalue weighted by Gasteiger charge is -2.10. The molecule has 0 saturated heterocycles. The highest BCUT2D eigenvalue weighted by Crippen LogP contribution is 2.30. The highest BCUT2D eigenvalue weighted by atomic mass is 32.2. The molecular weight excluding hydrogens is 315 g/mol. The third-order valence-corrected chi connectivity index (χ3v) is 4.22. The van der Waals surface area contributed by atoms with Crippen molar-refractivity contribution < 1.29 is 17.4 Å². The summed E-state index contributed by atoms with van der Waals surface area (Å²) in [5, 5.41) is 4.05. The summed E-state index contributed by atoms with van der Waals surface area (Å²) < 4.78 is 52.0. The van der Waals surface area contributed by atoms with Gasteiger partial charge in [-0.25, -0.2) is 9.67 Å². The molecule has 0 spiro atoms. The maximum Gasteiger partial charge on any atom is 0.416 e. The molecule has 22 heavy (non-hydrogen) atoms. The van der Waals surface area contributed by atoms with Crippen molar-refractivity contribution in [2.75, 3.05) is 0 Å². The van der Waals surface area contributed by atoms with Gasteiger partial charge in [-0.15, -0.1) is 0 Å². The smallest absolute Gasteiger partial charge is 0.254 e. The molecule has 0 N–H and O–H groups in total. The molecule has 0 radical (unpaired) electrons. The molecule has 0 saturated carbocycles. The van der Waals surface area contributed by atoms with Gasteiger partial charge in [0.2, 0.25) is 0 Å². The van der Waals surface area contributed by atoms with E-state index in [0.29, 0.717) is 18.3 Å². The molecule has 1 aromatic heterocycles. The lowest BCUT2D eigenvalue weighted by molar-refractivity contribution is -0.137. The van der Waals surface area contributed by atoms with Crippen molar-refractivity contribution in [3.05, 3.63) is 42.0 Å². The predicted octanol–water partition coefficient (Wildman–Crippen LogP) is 3.26. The molecule has 0 amide bonds. The van der Waals surface area contributed by atoms with Gasteiger partial charge in [0, 0.05) is 11.4 Å². The van der Waals surface area contributed by atoms with Gasteiger partial charge in [0.05, 0.1) is 22.1 Å². The van der Waals surface area contributed by atoms with Gasteiger partial charge in [-0.1, -0.05) is 19.9 Å². The standard InChI is InChI=1S/C14H16F3N3OS/c1-10(2)7-20-13(18-9-19-20)8-22(21)12-5-3-4-11(6-12)14(15,16)17/h3-6,9-10H,7-8H2,1-2H3. The lowest BCUT2D eigenvalue weighted by atomic mass is 10.2. The molecule has 1 unspecified atom stereocenters. The van der Waals surface area contributed by atoms with Gasteiger partial charge in [-0.3, -0.25) is 4.21 Å². The molecule has 1 atom stereocenters. The van der Waals surface area contributed by atoms with E-state index in [4.69, 9.17) is 0 Å². The van der Waals surface area contributed by atoms with E-state index in [1.54, 1.807) is 4.68 Å². The molecule has 1 aromatic carbocycles. The molecule has 8 heteroatoms. The van der Waals surface area contributed by atoms with Crippen LogP contribution in [0.3, 0.4) is 0 Å². The number of aromatic nitrogens is 3. The Hall–Kier alpha value is -1.70. The van der Waals surface area contributed by atoms with Crippen LogP contribution in [-0.4, -0.2) is 19.0 Å². The molecule has 0 bridgehead atoms. The minimum absolute atomic E-state index is 0.0357. The Balaban J connectivity index is 2.18. The number of nitrogens with zero attached hydrogens (tertiary/aromatic N) is 3. The van der Waals surface area contributed by atoms with Gasteiger partial charge in [0.1, 0.15) is 12.2 Å². The first-order valence-electron chi connectivity index (χ1n) is 6.69. The zero-order valence-electron chi connectivity index (χ0n) is 12.2. The normalized spacial score (nSPS) is 13.5. The Morgan fingerprint density at radius 2 is 2.05 bits per heavy atom. The fourth-order valence-electron chi connectivity index (χ4n) is 1.91. The molecule has 120 valence electrons. The van der Waals surface area contributed by atoms with E-state index < -0.39 is 22.5 Å². The minimum Gasteiger partial charge on any atom is -0.254 e. The molecule has 2 rings (SSSR count). The molecule has 2 aromatic rings. The molecule has 0 aliphatic rings. The lowest BCUT2D eigenvalue weighted by Crippen LogP contribution is -2.12. The first-order chi connectivity index (χ1) is 10.3. The zero-order valence-corrected chi connectivity index (χ0v) is 13.0. The third kappa shape index (κ3) is 4.16. The monoisotopic (exact) mass is 331 g/mol. The Labute approximate surface area is 128 Å². The van der Waals surface area contributed by atoms with Crippen LogP contribution in [0.25, 0.3) is 0 Å². The van der Waals surface area contributed by atoms with Crippen LogP contribution in [0.2, 0.25) is 0 Å². The Kier molecular flexibility index (Phi) is 5.00. The summed E-state index contributed by atoms with van der Waals surface area (Å²) in [6.45, 7) is 4.64. The summed E-state index contributed by atoms with van der Waals surface area (Å²) in [5.41, 5.74) is -0.804. The Bertz CT molecular complexity index is 667. The van der Waals surface area contributed by atoms with Crippen molar-refractivity contribution in [1.29, 1.82) is 0 Å². The maximum absolute atomic E-state index is 12.7. The average molecular weight is 331 g/mol. The fourth-order valence-corrected chi connectivity index (χ4v) is 3.03. The molecule has 0 aliphatic heterocycles. The van der Waals surface area contributed by atoms with E-state index in [9.17, 15) is 17.4 Å². The maximum atomic E-state index is 12.7. The second-order valence-electron chi connectivity index (χ2n) is 5.27. The predicted molar refractivity (Wildman–Crippen MR) is 76.4 cm³/mol. The summed E-state index contributed by atoms with van der Waals surface area (Å²) >= 11 is 0. The third-order valence-electron chi connectivity index (χ3n) is 2.92. The number of hydrogen-bond acceptors (Lipinski definition) is 3. The van der Waals surface area contributed by atoms with Gasteiger partial charge < -0.3 is 0 Å². The highest BCUT2D eigenvalue weighted by molar-refractivity contribution is 7.84. The van der Waals surface area contributed by atoms with E-state index in [-0.39, 0.29) is 10.6 Å². The van der Waals surface area contributed by atoms with Crippen LogP contribution in [0.4, 0.5) is 13.2 Å². The fraction of sp³-hybridized carbons (Fsp3) is 0.429. The molecular formula is C14H16F3N3OS. The van der Waals surface area contributed by atoms with Crippen LogP contribution in [0, 0.1) is 5.92 Å². The van der Waals surface area contributed by atoms with Crippen LogP contribution in [-0.2, 0) is 29.3 Å². The number of halogens is 3. The van der Waals surface area contributed by atoms with Crippen molar-refractivity contribution in [3.63, 3.8) is 0 Å². The number of rotatable bonds is 5. The first kappa shape index (κ1) is 16.7.